The van der Waals surface area contributed by atoms with Crippen molar-refractivity contribution in [3.8, 4) is 6.07 Å². The van der Waals surface area contributed by atoms with Crippen LogP contribution in [0.1, 0.15) is 37.8 Å². The standard InChI is InChI=1S/C13H16N4O3/c14-8-13(4-2-1-3-5-13)17-11(19)7-9-6-10(18)16-12(20)15-9/h6H,1-5,7H2,(H,17,19)(H2,15,16,18,20). The van der Waals surface area contributed by atoms with Crippen LogP contribution in [0.4, 0.5) is 0 Å². The van der Waals surface area contributed by atoms with Gasteiger partial charge in [-0.2, -0.15) is 5.26 Å². The SMILES string of the molecule is N#CC1(NC(=O)Cc2cc(=O)[nH]c(=O)[nH]2)CCCCC1. The molecule has 0 bridgehead atoms. The third-order valence-corrected chi connectivity index (χ3v) is 3.47. The van der Waals surface area contributed by atoms with Gasteiger partial charge >= 0.3 is 5.69 Å². The van der Waals surface area contributed by atoms with E-state index in [0.717, 1.165) is 19.3 Å². The maximum atomic E-state index is 12.0. The summed E-state index contributed by atoms with van der Waals surface area (Å²) in [5, 5.41) is 12.0. The largest absolute Gasteiger partial charge is 0.337 e. The third kappa shape index (κ3) is 3.35. The normalized spacial score (nSPS) is 17.1. The van der Waals surface area contributed by atoms with Gasteiger partial charge in [0.05, 0.1) is 12.5 Å². The molecule has 1 heterocycles. The fraction of sp³-hybridized carbons (Fsp3) is 0.538. The molecule has 1 aromatic heterocycles. The number of carbonyl (C=O) groups is 1. The van der Waals surface area contributed by atoms with Crippen molar-refractivity contribution in [3.63, 3.8) is 0 Å². The Bertz CT molecular complexity index is 618. The Balaban J connectivity index is 2.07. The second-order valence-corrected chi connectivity index (χ2v) is 5.09. The summed E-state index contributed by atoms with van der Waals surface area (Å²) in [6.07, 6.45) is 4.05. The molecule has 1 aromatic rings. The van der Waals surface area contributed by atoms with E-state index in [4.69, 9.17) is 0 Å². The van der Waals surface area contributed by atoms with Crippen LogP contribution in [0.2, 0.25) is 0 Å². The van der Waals surface area contributed by atoms with Gasteiger partial charge in [0, 0.05) is 11.8 Å². The molecule has 1 saturated carbocycles. The predicted octanol–water partition coefficient (Wildman–Crippen LogP) is -0.0516. The molecule has 0 aromatic carbocycles. The number of hydrogen-bond acceptors (Lipinski definition) is 4. The van der Waals surface area contributed by atoms with Crippen molar-refractivity contribution in [2.75, 3.05) is 0 Å². The summed E-state index contributed by atoms with van der Waals surface area (Å²) in [7, 11) is 0. The van der Waals surface area contributed by atoms with Gasteiger partial charge in [-0.15, -0.1) is 0 Å². The highest BCUT2D eigenvalue weighted by molar-refractivity contribution is 5.79. The molecule has 20 heavy (non-hydrogen) atoms. The summed E-state index contributed by atoms with van der Waals surface area (Å²) in [4.78, 5) is 38.6. The lowest BCUT2D eigenvalue weighted by Crippen LogP contribution is -2.49. The number of aromatic amines is 2. The predicted molar refractivity (Wildman–Crippen MR) is 71.0 cm³/mol. The van der Waals surface area contributed by atoms with Gasteiger partial charge in [0.2, 0.25) is 5.91 Å². The highest BCUT2D eigenvalue weighted by Crippen LogP contribution is 2.27. The first-order chi connectivity index (χ1) is 9.53. The molecule has 1 amide bonds. The Morgan fingerprint density at radius 3 is 2.60 bits per heavy atom. The molecular formula is C13H16N4O3. The van der Waals surface area contributed by atoms with Crippen LogP contribution >= 0.6 is 0 Å². The molecule has 3 N–H and O–H groups in total. The molecule has 0 saturated heterocycles. The summed E-state index contributed by atoms with van der Waals surface area (Å²) in [5.41, 5.74) is -1.77. The quantitative estimate of drug-likeness (QED) is 0.717. The van der Waals surface area contributed by atoms with Crippen molar-refractivity contribution >= 4 is 5.91 Å². The zero-order valence-corrected chi connectivity index (χ0v) is 11.0. The number of nitrogens with one attached hydrogen (secondary N) is 3. The third-order valence-electron chi connectivity index (χ3n) is 3.47. The Labute approximate surface area is 115 Å². The Hall–Kier alpha value is -2.36. The lowest BCUT2D eigenvalue weighted by atomic mass is 9.83. The van der Waals surface area contributed by atoms with Gasteiger partial charge in [-0.3, -0.25) is 14.6 Å². The Kier molecular flexibility index (Phi) is 4.03. The maximum Gasteiger partial charge on any atom is 0.325 e. The van der Waals surface area contributed by atoms with E-state index in [9.17, 15) is 19.6 Å². The van der Waals surface area contributed by atoms with Gasteiger partial charge in [0.25, 0.3) is 5.56 Å². The van der Waals surface area contributed by atoms with Crippen LogP contribution in [0.5, 0.6) is 0 Å². The smallest absolute Gasteiger partial charge is 0.325 e. The van der Waals surface area contributed by atoms with Gasteiger partial charge in [-0.25, -0.2) is 4.79 Å². The number of aromatic nitrogens is 2. The van der Waals surface area contributed by atoms with Crippen LogP contribution in [0, 0.1) is 11.3 Å². The molecule has 0 atom stereocenters. The van der Waals surface area contributed by atoms with Crippen molar-refractivity contribution in [1.29, 1.82) is 5.26 Å². The van der Waals surface area contributed by atoms with Gasteiger partial charge in [-0.1, -0.05) is 19.3 Å². The number of carbonyl (C=O) groups excluding carboxylic acids is 1. The minimum absolute atomic E-state index is 0.122. The molecule has 0 spiro atoms. The second kappa shape index (κ2) is 5.74. The molecule has 7 heteroatoms. The van der Waals surface area contributed by atoms with E-state index in [1.165, 1.54) is 6.07 Å². The monoisotopic (exact) mass is 276 g/mol. The van der Waals surface area contributed by atoms with Crippen molar-refractivity contribution in [2.45, 2.75) is 44.1 Å². The highest BCUT2D eigenvalue weighted by Gasteiger charge is 2.33. The van der Waals surface area contributed by atoms with E-state index in [0.29, 0.717) is 12.8 Å². The maximum absolute atomic E-state index is 12.0. The first kappa shape index (κ1) is 14.1. The van der Waals surface area contributed by atoms with Crippen LogP contribution in [-0.2, 0) is 11.2 Å². The summed E-state index contributed by atoms with van der Waals surface area (Å²) in [5.74, 6) is -0.366. The number of hydrogen-bond donors (Lipinski definition) is 3. The molecule has 0 radical (unpaired) electrons. The number of rotatable bonds is 3. The average molecular weight is 276 g/mol. The minimum Gasteiger partial charge on any atom is -0.337 e. The molecule has 1 aliphatic rings. The molecule has 106 valence electrons. The van der Waals surface area contributed by atoms with E-state index in [1.54, 1.807) is 0 Å². The number of amides is 1. The summed E-state index contributed by atoms with van der Waals surface area (Å²) in [6, 6.07) is 3.35. The van der Waals surface area contributed by atoms with Crippen LogP contribution in [0.15, 0.2) is 15.7 Å². The Morgan fingerprint density at radius 2 is 2.00 bits per heavy atom. The van der Waals surface area contributed by atoms with Crippen LogP contribution in [0.25, 0.3) is 0 Å². The van der Waals surface area contributed by atoms with Crippen molar-refractivity contribution in [2.24, 2.45) is 0 Å². The van der Waals surface area contributed by atoms with E-state index in [2.05, 4.69) is 16.4 Å². The lowest BCUT2D eigenvalue weighted by molar-refractivity contribution is -0.122. The molecule has 7 nitrogen and oxygen atoms in total. The summed E-state index contributed by atoms with van der Waals surface area (Å²) in [6.45, 7) is 0. The first-order valence-electron chi connectivity index (χ1n) is 6.58. The van der Waals surface area contributed by atoms with Crippen LogP contribution in [-0.4, -0.2) is 21.4 Å². The zero-order valence-electron chi connectivity index (χ0n) is 11.0. The lowest BCUT2D eigenvalue weighted by Gasteiger charge is -2.31. The fourth-order valence-corrected chi connectivity index (χ4v) is 2.52. The average Bonchev–Trinajstić information content (AvgIpc) is 2.38. The molecule has 1 fully saturated rings. The second-order valence-electron chi connectivity index (χ2n) is 5.09. The highest BCUT2D eigenvalue weighted by atomic mass is 16.2. The van der Waals surface area contributed by atoms with Gasteiger partial charge in [0.15, 0.2) is 0 Å². The molecule has 0 unspecified atom stereocenters. The van der Waals surface area contributed by atoms with Crippen molar-refractivity contribution in [1.82, 2.24) is 15.3 Å². The topological polar surface area (TPSA) is 119 Å². The summed E-state index contributed by atoms with van der Waals surface area (Å²) >= 11 is 0. The molecule has 2 rings (SSSR count). The first-order valence-corrected chi connectivity index (χ1v) is 6.58. The molecular weight excluding hydrogens is 260 g/mol. The number of nitriles is 1. The van der Waals surface area contributed by atoms with E-state index in [1.807, 2.05) is 4.98 Å². The van der Waals surface area contributed by atoms with Crippen LogP contribution < -0.4 is 16.6 Å². The van der Waals surface area contributed by atoms with Gasteiger partial charge < -0.3 is 10.3 Å². The summed E-state index contributed by atoms with van der Waals surface area (Å²) < 4.78 is 0. The van der Waals surface area contributed by atoms with E-state index in [-0.39, 0.29) is 18.0 Å². The fourth-order valence-electron chi connectivity index (χ4n) is 2.52. The number of nitrogens with zero attached hydrogens (tertiary/aromatic N) is 1. The van der Waals surface area contributed by atoms with Crippen molar-refractivity contribution in [3.05, 3.63) is 32.6 Å². The van der Waals surface area contributed by atoms with Gasteiger partial charge in [-0.05, 0) is 12.8 Å². The van der Waals surface area contributed by atoms with Gasteiger partial charge in [0.1, 0.15) is 5.54 Å². The zero-order chi connectivity index (χ0) is 14.6. The van der Waals surface area contributed by atoms with E-state index >= 15 is 0 Å². The molecule has 0 aliphatic heterocycles. The van der Waals surface area contributed by atoms with Crippen LogP contribution in [0.3, 0.4) is 0 Å². The molecule has 1 aliphatic carbocycles. The minimum atomic E-state index is -0.809. The number of H-pyrrole nitrogens is 2. The van der Waals surface area contributed by atoms with Crippen molar-refractivity contribution < 1.29 is 4.79 Å². The Morgan fingerprint density at radius 1 is 1.30 bits per heavy atom. The van der Waals surface area contributed by atoms with E-state index < -0.39 is 16.8 Å².